The topological polar surface area (TPSA) is 49.4 Å². The van der Waals surface area contributed by atoms with Crippen molar-refractivity contribution >= 4 is 23.2 Å². The van der Waals surface area contributed by atoms with Crippen molar-refractivity contribution in [1.82, 2.24) is 0 Å². The highest BCUT2D eigenvalue weighted by Crippen LogP contribution is 2.30. The standard InChI is InChI=1S/C21H24N2O2/c1-12-6-7-14(3)18(10-12)23-19(24)11-17(21(23)25)22-20-15(4)8-13(2)9-16(20)5/h6-10,17,22H,11H2,1-5H3/t17-/m1/s1. The van der Waals surface area contributed by atoms with E-state index in [1.165, 1.54) is 10.5 Å². The van der Waals surface area contributed by atoms with Crippen LogP contribution in [0.4, 0.5) is 11.4 Å². The van der Waals surface area contributed by atoms with Crippen LogP contribution in [0.5, 0.6) is 0 Å². The van der Waals surface area contributed by atoms with Gasteiger partial charge in [0.25, 0.3) is 5.91 Å². The molecular formula is C21H24N2O2. The monoisotopic (exact) mass is 336 g/mol. The van der Waals surface area contributed by atoms with E-state index in [2.05, 4.69) is 24.4 Å². The van der Waals surface area contributed by atoms with Crippen molar-refractivity contribution in [3.8, 4) is 0 Å². The van der Waals surface area contributed by atoms with Gasteiger partial charge in [-0.25, -0.2) is 4.90 Å². The number of nitrogens with one attached hydrogen (secondary N) is 1. The summed E-state index contributed by atoms with van der Waals surface area (Å²) in [6, 6.07) is 9.47. The Kier molecular flexibility index (Phi) is 4.38. The molecule has 1 fully saturated rings. The lowest BCUT2D eigenvalue weighted by atomic mass is 10.0. The summed E-state index contributed by atoms with van der Waals surface area (Å²) in [4.78, 5) is 26.8. The highest BCUT2D eigenvalue weighted by atomic mass is 16.2. The zero-order chi connectivity index (χ0) is 18.3. The molecule has 25 heavy (non-hydrogen) atoms. The second-order valence-electron chi connectivity index (χ2n) is 7.03. The fraction of sp³-hybridized carbons (Fsp3) is 0.333. The van der Waals surface area contributed by atoms with Gasteiger partial charge in [0.2, 0.25) is 5.91 Å². The molecule has 1 saturated heterocycles. The summed E-state index contributed by atoms with van der Waals surface area (Å²) in [5, 5.41) is 3.31. The first-order valence-corrected chi connectivity index (χ1v) is 8.56. The third kappa shape index (κ3) is 3.16. The summed E-state index contributed by atoms with van der Waals surface area (Å²) in [6.07, 6.45) is 0.180. The minimum absolute atomic E-state index is 0.154. The summed E-state index contributed by atoms with van der Waals surface area (Å²) in [7, 11) is 0. The molecule has 1 atom stereocenters. The number of benzene rings is 2. The van der Waals surface area contributed by atoms with E-state index in [-0.39, 0.29) is 18.2 Å². The predicted octanol–water partition coefficient (Wildman–Crippen LogP) is 3.97. The van der Waals surface area contributed by atoms with Crippen molar-refractivity contribution in [2.45, 2.75) is 47.1 Å². The Bertz CT molecular complexity index is 847. The van der Waals surface area contributed by atoms with Gasteiger partial charge in [0.1, 0.15) is 6.04 Å². The van der Waals surface area contributed by atoms with Crippen LogP contribution >= 0.6 is 0 Å². The molecular weight excluding hydrogens is 312 g/mol. The molecule has 3 rings (SSSR count). The Labute approximate surface area is 148 Å². The molecule has 0 saturated carbocycles. The third-order valence-electron chi connectivity index (χ3n) is 4.75. The number of anilines is 2. The molecule has 130 valence electrons. The Balaban J connectivity index is 1.91. The molecule has 0 unspecified atom stereocenters. The molecule has 4 heteroatoms. The maximum Gasteiger partial charge on any atom is 0.256 e. The van der Waals surface area contributed by atoms with Gasteiger partial charge in [-0.3, -0.25) is 9.59 Å². The van der Waals surface area contributed by atoms with Crippen LogP contribution in [0.1, 0.15) is 34.2 Å². The average Bonchev–Trinajstić information content (AvgIpc) is 2.80. The number of nitrogens with zero attached hydrogens (tertiary/aromatic N) is 1. The minimum atomic E-state index is -0.521. The highest BCUT2D eigenvalue weighted by molar-refractivity contribution is 6.23. The van der Waals surface area contributed by atoms with Crippen molar-refractivity contribution in [3.63, 3.8) is 0 Å². The molecule has 4 nitrogen and oxygen atoms in total. The van der Waals surface area contributed by atoms with E-state index < -0.39 is 6.04 Å². The number of amides is 2. The molecule has 1 aliphatic rings. The number of aryl methyl sites for hydroxylation is 5. The lowest BCUT2D eigenvalue weighted by molar-refractivity contribution is -0.121. The molecule has 0 bridgehead atoms. The van der Waals surface area contributed by atoms with Gasteiger partial charge >= 0.3 is 0 Å². The number of imide groups is 1. The van der Waals surface area contributed by atoms with Crippen LogP contribution in [0.15, 0.2) is 30.3 Å². The summed E-state index contributed by atoms with van der Waals surface area (Å²) in [5.41, 5.74) is 6.95. The van der Waals surface area contributed by atoms with E-state index in [1.807, 2.05) is 45.9 Å². The molecule has 0 aromatic heterocycles. The highest BCUT2D eigenvalue weighted by Gasteiger charge is 2.40. The Morgan fingerprint density at radius 2 is 1.52 bits per heavy atom. The van der Waals surface area contributed by atoms with Gasteiger partial charge in [0.05, 0.1) is 12.1 Å². The molecule has 0 spiro atoms. The van der Waals surface area contributed by atoms with Crippen molar-refractivity contribution in [2.24, 2.45) is 0 Å². The van der Waals surface area contributed by atoms with Crippen LogP contribution in [0.2, 0.25) is 0 Å². The van der Waals surface area contributed by atoms with E-state index in [1.54, 1.807) is 0 Å². The fourth-order valence-corrected chi connectivity index (χ4v) is 3.54. The van der Waals surface area contributed by atoms with Crippen molar-refractivity contribution in [1.29, 1.82) is 0 Å². The van der Waals surface area contributed by atoms with Crippen LogP contribution < -0.4 is 10.2 Å². The van der Waals surface area contributed by atoms with Gasteiger partial charge in [0.15, 0.2) is 0 Å². The van der Waals surface area contributed by atoms with E-state index >= 15 is 0 Å². The maximum atomic E-state index is 12.9. The van der Waals surface area contributed by atoms with E-state index in [4.69, 9.17) is 0 Å². The molecule has 2 aromatic carbocycles. The second kappa shape index (κ2) is 6.36. The molecule has 1 aliphatic heterocycles. The van der Waals surface area contributed by atoms with E-state index in [0.29, 0.717) is 5.69 Å². The average molecular weight is 336 g/mol. The normalized spacial score (nSPS) is 17.3. The Morgan fingerprint density at radius 1 is 0.880 bits per heavy atom. The fourth-order valence-electron chi connectivity index (χ4n) is 3.54. The van der Waals surface area contributed by atoms with Gasteiger partial charge < -0.3 is 5.32 Å². The van der Waals surface area contributed by atoms with Gasteiger partial charge in [-0.1, -0.05) is 29.8 Å². The summed E-state index contributed by atoms with van der Waals surface area (Å²) in [6.45, 7) is 9.97. The number of carbonyl (C=O) groups is 2. The van der Waals surface area contributed by atoms with Crippen LogP contribution in [0, 0.1) is 34.6 Å². The molecule has 2 aromatic rings. The third-order valence-corrected chi connectivity index (χ3v) is 4.75. The number of hydrogen-bond acceptors (Lipinski definition) is 3. The first-order valence-electron chi connectivity index (χ1n) is 8.56. The summed E-state index contributed by atoms with van der Waals surface area (Å²) in [5.74, 6) is -0.336. The minimum Gasteiger partial charge on any atom is -0.373 e. The molecule has 1 N–H and O–H groups in total. The maximum absolute atomic E-state index is 12.9. The van der Waals surface area contributed by atoms with Gasteiger partial charge in [0, 0.05) is 5.69 Å². The number of hydrogen-bond donors (Lipinski definition) is 1. The van der Waals surface area contributed by atoms with Crippen LogP contribution in [-0.4, -0.2) is 17.9 Å². The first-order chi connectivity index (χ1) is 11.8. The second-order valence-corrected chi connectivity index (χ2v) is 7.03. The quantitative estimate of drug-likeness (QED) is 0.863. The Hall–Kier alpha value is -2.62. The largest absolute Gasteiger partial charge is 0.373 e. The van der Waals surface area contributed by atoms with Gasteiger partial charge in [-0.2, -0.15) is 0 Å². The van der Waals surface area contributed by atoms with Crippen LogP contribution in [0.3, 0.4) is 0 Å². The molecule has 0 aliphatic carbocycles. The lowest BCUT2D eigenvalue weighted by Gasteiger charge is -2.20. The first kappa shape index (κ1) is 17.2. The Morgan fingerprint density at radius 3 is 2.16 bits per heavy atom. The van der Waals surface area contributed by atoms with Crippen molar-refractivity contribution in [3.05, 3.63) is 58.1 Å². The van der Waals surface area contributed by atoms with Crippen molar-refractivity contribution in [2.75, 3.05) is 10.2 Å². The smallest absolute Gasteiger partial charge is 0.256 e. The summed E-state index contributed by atoms with van der Waals surface area (Å²) < 4.78 is 0. The van der Waals surface area contributed by atoms with Crippen LogP contribution in [0.25, 0.3) is 0 Å². The van der Waals surface area contributed by atoms with E-state index in [9.17, 15) is 9.59 Å². The van der Waals surface area contributed by atoms with Gasteiger partial charge in [-0.15, -0.1) is 0 Å². The SMILES string of the molecule is Cc1cc(C)c(N[C@@H]2CC(=O)N(c3cc(C)ccc3C)C2=O)c(C)c1. The van der Waals surface area contributed by atoms with E-state index in [0.717, 1.165) is 27.9 Å². The number of rotatable bonds is 3. The van der Waals surface area contributed by atoms with Gasteiger partial charge in [-0.05, 0) is 62.9 Å². The number of carbonyl (C=O) groups excluding carboxylic acids is 2. The zero-order valence-corrected chi connectivity index (χ0v) is 15.4. The summed E-state index contributed by atoms with van der Waals surface area (Å²) >= 11 is 0. The van der Waals surface area contributed by atoms with Crippen LogP contribution in [-0.2, 0) is 9.59 Å². The predicted molar refractivity (Wildman–Crippen MR) is 101 cm³/mol. The lowest BCUT2D eigenvalue weighted by Crippen LogP contribution is -2.35. The molecule has 0 radical (unpaired) electrons. The van der Waals surface area contributed by atoms with Crippen molar-refractivity contribution < 1.29 is 9.59 Å². The molecule has 2 amide bonds. The zero-order valence-electron chi connectivity index (χ0n) is 15.4. The molecule has 1 heterocycles.